The molecule has 3 nitrogen and oxygen atoms in total. The van der Waals surface area contributed by atoms with E-state index in [0.717, 1.165) is 40.0 Å². The van der Waals surface area contributed by atoms with Crippen molar-refractivity contribution in [3.05, 3.63) is 34.4 Å². The molecule has 0 aliphatic heterocycles. The number of anilines is 1. The number of rotatable bonds is 4. The van der Waals surface area contributed by atoms with Crippen molar-refractivity contribution in [2.45, 2.75) is 26.7 Å². The number of halogens is 1. The van der Waals surface area contributed by atoms with Gasteiger partial charge in [0.05, 0.1) is 5.69 Å². The largest absolute Gasteiger partial charge is 0.383 e. The van der Waals surface area contributed by atoms with Gasteiger partial charge in [-0.1, -0.05) is 54.4 Å². The van der Waals surface area contributed by atoms with Crippen LogP contribution in [0.3, 0.4) is 0 Å². The van der Waals surface area contributed by atoms with Crippen LogP contribution in [0.1, 0.15) is 26.0 Å². The van der Waals surface area contributed by atoms with E-state index < -0.39 is 0 Å². The second-order valence-electron chi connectivity index (χ2n) is 5.03. The molecule has 1 atom stereocenters. The van der Waals surface area contributed by atoms with Gasteiger partial charge < -0.3 is 5.73 Å². The first-order valence-electron chi connectivity index (χ1n) is 6.60. The monoisotopic (exact) mass is 321 g/mol. The summed E-state index contributed by atoms with van der Waals surface area (Å²) in [5.41, 5.74) is 9.47. The summed E-state index contributed by atoms with van der Waals surface area (Å²) >= 11 is 3.60. The summed E-state index contributed by atoms with van der Waals surface area (Å²) in [5.74, 6) is 1.33. The Morgan fingerprint density at radius 3 is 2.68 bits per heavy atom. The fourth-order valence-electron chi connectivity index (χ4n) is 2.17. The number of nitrogens with zero attached hydrogens (tertiary/aromatic N) is 2. The molecule has 0 aliphatic rings. The molecular formula is C15H20BrN3. The predicted octanol–water partition coefficient (Wildman–Crippen LogP) is 4.02. The molecule has 1 aromatic carbocycles. The summed E-state index contributed by atoms with van der Waals surface area (Å²) < 4.78 is 2.83. The maximum absolute atomic E-state index is 6.20. The van der Waals surface area contributed by atoms with E-state index in [-0.39, 0.29) is 0 Å². The number of benzene rings is 1. The van der Waals surface area contributed by atoms with Crippen molar-refractivity contribution < 1.29 is 0 Å². The lowest BCUT2D eigenvalue weighted by atomic mass is 9.97. The Balaban J connectivity index is 2.53. The number of nitrogen functional groups attached to an aromatic ring is 1. The highest BCUT2D eigenvalue weighted by molar-refractivity contribution is 9.10. The van der Waals surface area contributed by atoms with Crippen LogP contribution in [0.4, 0.5) is 5.82 Å². The van der Waals surface area contributed by atoms with Gasteiger partial charge in [-0.05, 0) is 18.4 Å². The van der Waals surface area contributed by atoms with Gasteiger partial charge in [-0.2, -0.15) is 5.10 Å². The first-order chi connectivity index (χ1) is 9.04. The molecule has 102 valence electrons. The van der Waals surface area contributed by atoms with Crippen molar-refractivity contribution in [2.75, 3.05) is 5.73 Å². The summed E-state index contributed by atoms with van der Waals surface area (Å²) in [7, 11) is 1.90. The summed E-state index contributed by atoms with van der Waals surface area (Å²) in [6, 6.07) is 8.15. The zero-order chi connectivity index (χ0) is 14.0. The molecule has 1 aromatic heterocycles. The van der Waals surface area contributed by atoms with E-state index >= 15 is 0 Å². The lowest BCUT2D eigenvalue weighted by Gasteiger charge is -2.09. The number of aryl methyl sites for hydroxylation is 1. The summed E-state index contributed by atoms with van der Waals surface area (Å²) in [5, 5.41) is 4.59. The highest BCUT2D eigenvalue weighted by atomic mass is 79.9. The van der Waals surface area contributed by atoms with Gasteiger partial charge in [0.1, 0.15) is 5.82 Å². The standard InChI is InChI=1S/C15H20BrN3/c1-4-10(2)9-13-14(15(17)19(3)18-13)11-7-5-6-8-12(11)16/h5-8,10H,4,9,17H2,1-3H3. The third-order valence-electron chi connectivity index (χ3n) is 3.55. The SMILES string of the molecule is CCC(C)Cc1nn(C)c(N)c1-c1ccccc1Br. The second-order valence-corrected chi connectivity index (χ2v) is 5.88. The van der Waals surface area contributed by atoms with Gasteiger partial charge in [-0.25, -0.2) is 0 Å². The van der Waals surface area contributed by atoms with Crippen molar-refractivity contribution in [1.29, 1.82) is 0 Å². The van der Waals surface area contributed by atoms with Crippen LogP contribution in [0.25, 0.3) is 11.1 Å². The van der Waals surface area contributed by atoms with Crippen LogP contribution in [0, 0.1) is 5.92 Å². The molecule has 0 fully saturated rings. The first-order valence-corrected chi connectivity index (χ1v) is 7.40. The number of aromatic nitrogens is 2. The predicted molar refractivity (Wildman–Crippen MR) is 83.9 cm³/mol. The van der Waals surface area contributed by atoms with Gasteiger partial charge >= 0.3 is 0 Å². The lowest BCUT2D eigenvalue weighted by molar-refractivity contribution is 0.547. The topological polar surface area (TPSA) is 43.8 Å². The minimum absolute atomic E-state index is 0.607. The average molecular weight is 322 g/mol. The van der Waals surface area contributed by atoms with Gasteiger partial charge in [0.2, 0.25) is 0 Å². The molecule has 0 saturated carbocycles. The Bertz CT molecular complexity index is 575. The molecular weight excluding hydrogens is 302 g/mol. The quantitative estimate of drug-likeness (QED) is 0.924. The second kappa shape index (κ2) is 5.78. The Morgan fingerprint density at radius 2 is 2.05 bits per heavy atom. The van der Waals surface area contributed by atoms with Gasteiger partial charge in [0, 0.05) is 22.6 Å². The molecule has 0 aliphatic carbocycles. The summed E-state index contributed by atoms with van der Waals surface area (Å²) in [6.07, 6.45) is 2.10. The molecule has 2 N–H and O–H groups in total. The van der Waals surface area contributed by atoms with E-state index in [9.17, 15) is 0 Å². The Kier molecular flexibility index (Phi) is 4.30. The molecule has 2 rings (SSSR count). The fraction of sp³-hybridized carbons (Fsp3) is 0.400. The highest BCUT2D eigenvalue weighted by Gasteiger charge is 2.18. The van der Waals surface area contributed by atoms with Crippen molar-refractivity contribution in [3.63, 3.8) is 0 Å². The van der Waals surface area contributed by atoms with Gasteiger partial charge in [0.15, 0.2) is 0 Å². The molecule has 0 saturated heterocycles. The zero-order valence-electron chi connectivity index (χ0n) is 11.7. The van der Waals surface area contributed by atoms with Gasteiger partial charge in [-0.3, -0.25) is 4.68 Å². The third kappa shape index (κ3) is 2.84. The van der Waals surface area contributed by atoms with Crippen LogP contribution in [0.2, 0.25) is 0 Å². The van der Waals surface area contributed by atoms with Crippen LogP contribution in [0.5, 0.6) is 0 Å². The molecule has 1 heterocycles. The van der Waals surface area contributed by atoms with E-state index in [4.69, 9.17) is 5.73 Å². The van der Waals surface area contributed by atoms with Crippen LogP contribution in [-0.4, -0.2) is 9.78 Å². The van der Waals surface area contributed by atoms with E-state index in [0.29, 0.717) is 5.92 Å². The molecule has 0 bridgehead atoms. The van der Waals surface area contributed by atoms with Gasteiger partial charge in [0.25, 0.3) is 0 Å². The van der Waals surface area contributed by atoms with Crippen molar-refractivity contribution in [1.82, 2.24) is 9.78 Å². The summed E-state index contributed by atoms with van der Waals surface area (Å²) in [4.78, 5) is 0. The van der Waals surface area contributed by atoms with E-state index in [1.165, 1.54) is 0 Å². The molecule has 2 aromatic rings. The minimum Gasteiger partial charge on any atom is -0.383 e. The number of hydrogen-bond donors (Lipinski definition) is 1. The van der Waals surface area contributed by atoms with E-state index in [2.05, 4.69) is 40.9 Å². The van der Waals surface area contributed by atoms with Crippen LogP contribution < -0.4 is 5.73 Å². The van der Waals surface area contributed by atoms with Crippen LogP contribution in [-0.2, 0) is 13.5 Å². The molecule has 0 spiro atoms. The smallest absolute Gasteiger partial charge is 0.129 e. The summed E-state index contributed by atoms with van der Waals surface area (Å²) in [6.45, 7) is 4.45. The number of hydrogen-bond acceptors (Lipinski definition) is 2. The van der Waals surface area contributed by atoms with E-state index in [1.54, 1.807) is 4.68 Å². The third-order valence-corrected chi connectivity index (χ3v) is 4.24. The maximum atomic E-state index is 6.20. The Morgan fingerprint density at radius 1 is 1.37 bits per heavy atom. The van der Waals surface area contributed by atoms with Gasteiger partial charge in [-0.15, -0.1) is 0 Å². The van der Waals surface area contributed by atoms with Crippen molar-refractivity contribution in [3.8, 4) is 11.1 Å². The Labute approximate surface area is 122 Å². The lowest BCUT2D eigenvalue weighted by Crippen LogP contribution is -2.00. The van der Waals surface area contributed by atoms with Crippen molar-refractivity contribution >= 4 is 21.7 Å². The normalized spacial score (nSPS) is 12.6. The average Bonchev–Trinajstić information content (AvgIpc) is 2.66. The first kappa shape index (κ1) is 14.1. The number of nitrogens with two attached hydrogens (primary N) is 1. The highest BCUT2D eigenvalue weighted by Crippen LogP contribution is 2.35. The van der Waals surface area contributed by atoms with Crippen LogP contribution >= 0.6 is 15.9 Å². The molecule has 0 amide bonds. The molecule has 19 heavy (non-hydrogen) atoms. The zero-order valence-corrected chi connectivity index (χ0v) is 13.2. The molecule has 4 heteroatoms. The minimum atomic E-state index is 0.607. The van der Waals surface area contributed by atoms with Crippen LogP contribution in [0.15, 0.2) is 28.7 Å². The Hall–Kier alpha value is -1.29. The maximum Gasteiger partial charge on any atom is 0.129 e. The fourth-order valence-corrected chi connectivity index (χ4v) is 2.65. The van der Waals surface area contributed by atoms with Crippen molar-refractivity contribution in [2.24, 2.45) is 13.0 Å². The molecule has 1 unspecified atom stereocenters. The van der Waals surface area contributed by atoms with E-state index in [1.807, 2.05) is 25.2 Å². The molecule has 0 radical (unpaired) electrons.